The summed E-state index contributed by atoms with van der Waals surface area (Å²) in [5.74, 6) is -2.47. The van der Waals surface area contributed by atoms with Crippen LogP contribution < -0.4 is 0 Å². The molecule has 0 unspecified atom stereocenters. The van der Waals surface area contributed by atoms with Crippen molar-refractivity contribution in [3.05, 3.63) is 12.7 Å². The fourth-order valence-corrected chi connectivity index (χ4v) is 1.29. The van der Waals surface area contributed by atoms with Gasteiger partial charge in [0.25, 0.3) is 5.91 Å². The van der Waals surface area contributed by atoms with E-state index in [9.17, 15) is 48.7 Å². The van der Waals surface area contributed by atoms with Crippen LogP contribution in [0.1, 0.15) is 12.8 Å². The van der Waals surface area contributed by atoms with Crippen molar-refractivity contribution < 1.29 is 48.7 Å². The molecule has 0 spiro atoms. The Morgan fingerprint density at radius 1 is 0.810 bits per heavy atom. The molecule has 124 valence electrons. The van der Waals surface area contributed by atoms with E-state index in [1.807, 2.05) is 0 Å². The molecule has 0 N–H and O–H groups in total. The fraction of sp³-hybridized carbons (Fsp3) is 0.667. The number of amides is 1. The number of hydrogen-bond donors (Lipinski definition) is 0. The van der Waals surface area contributed by atoms with Gasteiger partial charge in [0, 0.05) is 0 Å². The summed E-state index contributed by atoms with van der Waals surface area (Å²) in [5, 5.41) is 0. The second kappa shape index (κ2) is 5.72. The van der Waals surface area contributed by atoms with E-state index in [4.69, 9.17) is 0 Å². The predicted molar refractivity (Wildman–Crippen MR) is 48.3 cm³/mol. The number of hydrogen-bond acceptors (Lipinski definition) is 1. The normalized spacial score (nSPS) is 14.0. The summed E-state index contributed by atoms with van der Waals surface area (Å²) >= 11 is 0. The lowest BCUT2D eigenvalue weighted by Gasteiger charge is -2.36. The van der Waals surface area contributed by atoms with Gasteiger partial charge in [0.1, 0.15) is 12.8 Å². The van der Waals surface area contributed by atoms with Gasteiger partial charge in [-0.25, -0.2) is 4.90 Å². The summed E-state index contributed by atoms with van der Waals surface area (Å²) in [6, 6.07) is -11.2. The largest absolute Gasteiger partial charge is 0.396 e. The van der Waals surface area contributed by atoms with Gasteiger partial charge in [0.05, 0.1) is 0 Å². The maximum absolute atomic E-state index is 13.2. The monoisotopic (exact) mass is 335 g/mol. The first kappa shape index (κ1) is 19.5. The molecule has 1 amide bonds. The first-order valence-corrected chi connectivity index (χ1v) is 4.88. The van der Waals surface area contributed by atoms with E-state index in [0.29, 0.717) is 0 Å². The second-order valence-electron chi connectivity index (χ2n) is 3.79. The molecule has 0 aliphatic carbocycles. The maximum Gasteiger partial charge on any atom is 0.396 e. The van der Waals surface area contributed by atoms with Crippen LogP contribution in [0.15, 0.2) is 12.7 Å². The molecule has 21 heavy (non-hydrogen) atoms. The zero-order valence-corrected chi connectivity index (χ0v) is 9.83. The lowest BCUT2D eigenvalue weighted by atomic mass is 10.2. The van der Waals surface area contributed by atoms with E-state index in [2.05, 4.69) is 6.58 Å². The number of rotatable bonds is 5. The first-order valence-electron chi connectivity index (χ1n) is 4.88. The highest BCUT2D eigenvalue weighted by Gasteiger charge is 2.60. The maximum atomic E-state index is 13.2. The summed E-state index contributed by atoms with van der Waals surface area (Å²) in [6.07, 6.45) is -18.1. The molecule has 0 aromatic rings. The molecule has 0 bridgehead atoms. The van der Waals surface area contributed by atoms with E-state index in [1.54, 1.807) is 0 Å². The molecular weight excluding hydrogens is 328 g/mol. The lowest BCUT2D eigenvalue weighted by Crippen LogP contribution is -2.57. The molecule has 0 saturated heterocycles. The standard InChI is InChI=1S/C9H7F10NO/c1-2-5(21)20(8(16,17)3-6(10,11)12)9(18,19)4-7(13,14)15/h2H,1,3-4H2. The first-order chi connectivity index (χ1) is 9.02. The van der Waals surface area contributed by atoms with Crippen LogP contribution in [0.25, 0.3) is 0 Å². The molecule has 0 aromatic carbocycles. The van der Waals surface area contributed by atoms with Crippen molar-refractivity contribution in [2.75, 3.05) is 0 Å². The Morgan fingerprint density at radius 2 is 1.10 bits per heavy atom. The van der Waals surface area contributed by atoms with Gasteiger partial charge in [-0.1, -0.05) is 6.58 Å². The van der Waals surface area contributed by atoms with Crippen molar-refractivity contribution in [2.24, 2.45) is 0 Å². The number of alkyl halides is 10. The second-order valence-corrected chi connectivity index (χ2v) is 3.79. The Hall–Kier alpha value is -1.49. The van der Waals surface area contributed by atoms with E-state index in [0.717, 1.165) is 0 Å². The lowest BCUT2D eigenvalue weighted by molar-refractivity contribution is -0.312. The third-order valence-electron chi connectivity index (χ3n) is 1.88. The van der Waals surface area contributed by atoms with Crippen molar-refractivity contribution in [1.29, 1.82) is 0 Å². The minimum absolute atomic E-state index is 0.241. The van der Waals surface area contributed by atoms with Crippen LogP contribution in [0.2, 0.25) is 0 Å². The molecule has 0 rings (SSSR count). The Balaban J connectivity index is 5.68. The summed E-state index contributed by atoms with van der Waals surface area (Å²) < 4.78 is 124. The molecule has 0 aliphatic rings. The molecule has 0 radical (unpaired) electrons. The molecular formula is C9H7F10NO. The minimum atomic E-state index is -5.70. The van der Waals surface area contributed by atoms with Crippen LogP contribution in [0.4, 0.5) is 43.9 Å². The van der Waals surface area contributed by atoms with E-state index >= 15 is 0 Å². The van der Waals surface area contributed by atoms with Crippen molar-refractivity contribution >= 4 is 5.91 Å². The average Bonchev–Trinajstić information content (AvgIpc) is 2.07. The minimum Gasteiger partial charge on any atom is -0.269 e. The topological polar surface area (TPSA) is 20.3 Å². The van der Waals surface area contributed by atoms with Gasteiger partial charge in [-0.2, -0.15) is 43.9 Å². The van der Waals surface area contributed by atoms with Gasteiger partial charge in [0.2, 0.25) is 0 Å². The summed E-state index contributed by atoms with van der Waals surface area (Å²) in [5.41, 5.74) is 0. The molecule has 0 fully saturated rings. The molecule has 2 nitrogen and oxygen atoms in total. The number of carbonyl (C=O) groups is 1. The zero-order valence-electron chi connectivity index (χ0n) is 9.83. The predicted octanol–water partition coefficient (Wildman–Crippen LogP) is 4.09. The van der Waals surface area contributed by atoms with Gasteiger partial charge in [-0.15, -0.1) is 0 Å². The summed E-state index contributed by atoms with van der Waals surface area (Å²) in [7, 11) is 0. The highest BCUT2D eigenvalue weighted by molar-refractivity contribution is 5.87. The molecule has 0 heterocycles. The Bertz CT molecular complexity index is 368. The molecule has 0 atom stereocenters. The van der Waals surface area contributed by atoms with Crippen molar-refractivity contribution in [3.8, 4) is 0 Å². The van der Waals surface area contributed by atoms with Crippen LogP contribution in [-0.4, -0.2) is 35.3 Å². The van der Waals surface area contributed by atoms with Gasteiger partial charge in [0.15, 0.2) is 0 Å². The zero-order chi connectivity index (χ0) is 17.3. The van der Waals surface area contributed by atoms with Gasteiger partial charge >= 0.3 is 24.4 Å². The fourth-order valence-electron chi connectivity index (χ4n) is 1.29. The molecule has 0 saturated carbocycles. The number of carbonyl (C=O) groups excluding carboxylic acids is 1. The summed E-state index contributed by atoms with van der Waals surface area (Å²) in [4.78, 5) is 8.83. The third-order valence-corrected chi connectivity index (χ3v) is 1.88. The highest BCUT2D eigenvalue weighted by Crippen LogP contribution is 2.43. The van der Waals surface area contributed by atoms with E-state index < -0.39 is 48.1 Å². The van der Waals surface area contributed by atoms with Crippen LogP contribution in [0, 0.1) is 0 Å². The van der Waals surface area contributed by atoms with Gasteiger partial charge < -0.3 is 0 Å². The van der Waals surface area contributed by atoms with Crippen LogP contribution >= 0.6 is 0 Å². The quantitative estimate of drug-likeness (QED) is 0.421. The third kappa shape index (κ3) is 6.21. The van der Waals surface area contributed by atoms with E-state index in [1.165, 1.54) is 0 Å². The van der Waals surface area contributed by atoms with Crippen molar-refractivity contribution in [2.45, 2.75) is 37.3 Å². The van der Waals surface area contributed by atoms with Gasteiger partial charge in [-0.3, -0.25) is 4.79 Å². The van der Waals surface area contributed by atoms with Crippen molar-refractivity contribution in [1.82, 2.24) is 4.90 Å². The summed E-state index contributed by atoms with van der Waals surface area (Å²) in [6.45, 7) is 2.48. The molecule has 0 aromatic heterocycles. The Morgan fingerprint density at radius 3 is 1.29 bits per heavy atom. The van der Waals surface area contributed by atoms with Gasteiger partial charge in [-0.05, 0) is 6.08 Å². The van der Waals surface area contributed by atoms with Crippen LogP contribution in [0.5, 0.6) is 0 Å². The van der Waals surface area contributed by atoms with Crippen LogP contribution in [-0.2, 0) is 4.79 Å². The smallest absolute Gasteiger partial charge is 0.269 e. The average molecular weight is 335 g/mol. The SMILES string of the molecule is C=CC(=O)N(C(F)(F)CC(F)(F)F)C(F)(F)CC(F)(F)F. The van der Waals surface area contributed by atoms with Crippen molar-refractivity contribution in [3.63, 3.8) is 0 Å². The number of halogens is 10. The number of nitrogens with zero attached hydrogens (tertiary/aromatic N) is 1. The Kier molecular flexibility index (Phi) is 5.31. The highest BCUT2D eigenvalue weighted by atomic mass is 19.4. The molecule has 0 aliphatic heterocycles. The van der Waals surface area contributed by atoms with Crippen LogP contribution in [0.3, 0.4) is 0 Å². The van der Waals surface area contributed by atoms with E-state index in [-0.39, 0.29) is 6.08 Å². The molecule has 12 heteroatoms. The Labute approximate surface area is 111 Å².